The van der Waals surface area contributed by atoms with Crippen LogP contribution in [0.15, 0.2) is 42.5 Å². The van der Waals surface area contributed by atoms with E-state index in [9.17, 15) is 14.9 Å². The maximum absolute atomic E-state index is 12.0. The molecule has 0 saturated carbocycles. The van der Waals surface area contributed by atoms with Gasteiger partial charge in [-0.1, -0.05) is 11.6 Å². The number of halogens is 1. The Morgan fingerprint density at radius 2 is 1.88 bits per heavy atom. The summed E-state index contributed by atoms with van der Waals surface area (Å²) in [6.07, 6.45) is 0. The zero-order valence-corrected chi connectivity index (χ0v) is 13.6. The van der Waals surface area contributed by atoms with Gasteiger partial charge in [0.15, 0.2) is 0 Å². The quantitative estimate of drug-likeness (QED) is 0.471. The summed E-state index contributed by atoms with van der Waals surface area (Å²) < 4.78 is 10.5. The summed E-state index contributed by atoms with van der Waals surface area (Å²) in [5.74, 6) is 0.782. The number of ether oxygens (including phenoxy) is 2. The fraction of sp³-hybridized carbons (Fsp3) is 0.188. The molecule has 0 atom stereocenters. The van der Waals surface area contributed by atoms with Gasteiger partial charge in [-0.3, -0.25) is 14.9 Å². The van der Waals surface area contributed by atoms with Crippen molar-refractivity contribution in [3.05, 3.63) is 63.2 Å². The lowest BCUT2D eigenvalue weighted by Gasteiger charge is -2.09. The molecule has 7 nitrogen and oxygen atoms in total. The monoisotopic (exact) mass is 350 g/mol. The molecule has 0 spiro atoms. The van der Waals surface area contributed by atoms with Gasteiger partial charge in [0.25, 0.3) is 11.6 Å². The summed E-state index contributed by atoms with van der Waals surface area (Å²) in [7, 11) is 1.57. The third kappa shape index (κ3) is 4.60. The summed E-state index contributed by atoms with van der Waals surface area (Å²) in [5.41, 5.74) is -0.384. The molecule has 8 heteroatoms. The number of hydrogen-bond donors (Lipinski definition) is 1. The number of nitro benzene ring substituents is 1. The maximum atomic E-state index is 12.0. The van der Waals surface area contributed by atoms with E-state index in [-0.39, 0.29) is 29.4 Å². The molecule has 24 heavy (non-hydrogen) atoms. The van der Waals surface area contributed by atoms with Crippen LogP contribution in [0.4, 0.5) is 5.69 Å². The summed E-state index contributed by atoms with van der Waals surface area (Å²) in [4.78, 5) is 22.4. The van der Waals surface area contributed by atoms with Crippen LogP contribution in [0.3, 0.4) is 0 Å². The second-order valence-corrected chi connectivity index (χ2v) is 5.13. The lowest BCUT2D eigenvalue weighted by Crippen LogP contribution is -2.28. The molecule has 0 unspecified atom stereocenters. The zero-order valence-electron chi connectivity index (χ0n) is 12.8. The van der Waals surface area contributed by atoms with Gasteiger partial charge in [0.1, 0.15) is 23.7 Å². The van der Waals surface area contributed by atoms with E-state index in [2.05, 4.69) is 5.32 Å². The molecular weight excluding hydrogens is 336 g/mol. The largest absolute Gasteiger partial charge is 0.497 e. The van der Waals surface area contributed by atoms with Gasteiger partial charge in [-0.2, -0.15) is 0 Å². The Morgan fingerprint density at radius 1 is 1.21 bits per heavy atom. The molecule has 0 aromatic heterocycles. The third-order valence-corrected chi connectivity index (χ3v) is 3.35. The zero-order chi connectivity index (χ0) is 17.5. The van der Waals surface area contributed by atoms with Crippen molar-refractivity contribution in [2.75, 3.05) is 20.3 Å². The highest BCUT2D eigenvalue weighted by molar-refractivity contribution is 6.31. The summed E-state index contributed by atoms with van der Waals surface area (Å²) in [5, 5.41) is 13.7. The molecule has 0 saturated heterocycles. The highest BCUT2D eigenvalue weighted by Gasteiger charge is 2.20. The highest BCUT2D eigenvalue weighted by atomic mass is 35.5. The fourth-order valence-corrected chi connectivity index (χ4v) is 2.11. The normalized spacial score (nSPS) is 10.1. The van der Waals surface area contributed by atoms with E-state index >= 15 is 0 Å². The van der Waals surface area contributed by atoms with Gasteiger partial charge >= 0.3 is 0 Å². The predicted octanol–water partition coefficient (Wildman–Crippen LogP) is 3.07. The topological polar surface area (TPSA) is 90.7 Å². The van der Waals surface area contributed by atoms with Crippen molar-refractivity contribution < 1.29 is 19.2 Å². The number of nitro groups is 1. The first-order valence-electron chi connectivity index (χ1n) is 7.00. The van der Waals surface area contributed by atoms with Crippen molar-refractivity contribution in [2.45, 2.75) is 0 Å². The Hall–Kier alpha value is -2.80. The number of amides is 1. The van der Waals surface area contributed by atoms with Crippen LogP contribution in [0.5, 0.6) is 11.5 Å². The SMILES string of the molecule is COc1ccc(OCCNC(=O)c2ccc(Cl)cc2[N+](=O)[O-])cc1. The Balaban J connectivity index is 1.88. The van der Waals surface area contributed by atoms with E-state index < -0.39 is 10.8 Å². The second-order valence-electron chi connectivity index (χ2n) is 4.70. The molecule has 0 heterocycles. The molecule has 2 aromatic rings. The van der Waals surface area contributed by atoms with Gasteiger partial charge in [-0.15, -0.1) is 0 Å². The molecule has 2 rings (SSSR count). The predicted molar refractivity (Wildman–Crippen MR) is 88.9 cm³/mol. The van der Waals surface area contributed by atoms with Crippen molar-refractivity contribution in [1.82, 2.24) is 5.32 Å². The van der Waals surface area contributed by atoms with Gasteiger partial charge in [0, 0.05) is 11.1 Å². The summed E-state index contributed by atoms with van der Waals surface area (Å²) >= 11 is 5.72. The number of carbonyl (C=O) groups excluding carboxylic acids is 1. The van der Waals surface area contributed by atoms with E-state index in [0.717, 1.165) is 6.07 Å². The van der Waals surface area contributed by atoms with Crippen LogP contribution in [0.25, 0.3) is 0 Å². The first kappa shape index (κ1) is 17.6. The standard InChI is InChI=1S/C16H15ClN2O5/c1-23-12-3-5-13(6-4-12)24-9-8-18-16(20)14-7-2-11(17)10-15(14)19(21)22/h2-7,10H,8-9H2,1H3,(H,18,20). The first-order chi connectivity index (χ1) is 11.5. The van der Waals surface area contributed by atoms with Crippen LogP contribution in [0.1, 0.15) is 10.4 Å². The summed E-state index contributed by atoms with van der Waals surface area (Å²) in [6.45, 7) is 0.421. The number of carbonyl (C=O) groups is 1. The van der Waals surface area contributed by atoms with E-state index in [1.807, 2.05) is 0 Å². The van der Waals surface area contributed by atoms with E-state index in [1.54, 1.807) is 31.4 Å². The average Bonchev–Trinajstić information content (AvgIpc) is 2.59. The van der Waals surface area contributed by atoms with Crippen molar-refractivity contribution in [2.24, 2.45) is 0 Å². The van der Waals surface area contributed by atoms with Crippen LogP contribution in [-0.2, 0) is 0 Å². The van der Waals surface area contributed by atoms with E-state index in [1.165, 1.54) is 12.1 Å². The number of methoxy groups -OCH3 is 1. The first-order valence-corrected chi connectivity index (χ1v) is 7.38. The van der Waals surface area contributed by atoms with Crippen LogP contribution in [0, 0.1) is 10.1 Å². The van der Waals surface area contributed by atoms with Crippen molar-refractivity contribution in [3.8, 4) is 11.5 Å². The van der Waals surface area contributed by atoms with Gasteiger partial charge in [-0.05, 0) is 36.4 Å². The molecule has 1 N–H and O–H groups in total. The molecule has 0 aliphatic carbocycles. The van der Waals surface area contributed by atoms with Gasteiger partial charge < -0.3 is 14.8 Å². The molecule has 0 fully saturated rings. The molecule has 0 aliphatic rings. The van der Waals surface area contributed by atoms with Crippen molar-refractivity contribution >= 4 is 23.2 Å². The molecule has 126 valence electrons. The van der Waals surface area contributed by atoms with Gasteiger partial charge in [0.05, 0.1) is 18.6 Å². The van der Waals surface area contributed by atoms with E-state index in [4.69, 9.17) is 21.1 Å². The molecule has 1 amide bonds. The molecule has 2 aromatic carbocycles. The molecule has 0 bridgehead atoms. The second kappa shape index (κ2) is 8.16. The Kier molecular flexibility index (Phi) is 5.97. The number of nitrogens with zero attached hydrogens (tertiary/aromatic N) is 1. The smallest absolute Gasteiger partial charge is 0.283 e. The highest BCUT2D eigenvalue weighted by Crippen LogP contribution is 2.23. The van der Waals surface area contributed by atoms with Crippen LogP contribution in [0.2, 0.25) is 5.02 Å². The molecule has 0 aliphatic heterocycles. The van der Waals surface area contributed by atoms with Crippen LogP contribution < -0.4 is 14.8 Å². The summed E-state index contributed by atoms with van der Waals surface area (Å²) in [6, 6.07) is 10.9. The van der Waals surface area contributed by atoms with Gasteiger partial charge in [0.2, 0.25) is 0 Å². The Morgan fingerprint density at radius 3 is 2.50 bits per heavy atom. The minimum Gasteiger partial charge on any atom is -0.497 e. The molecule has 0 radical (unpaired) electrons. The van der Waals surface area contributed by atoms with Crippen LogP contribution >= 0.6 is 11.6 Å². The number of rotatable bonds is 7. The number of nitrogens with one attached hydrogen (secondary N) is 1. The van der Waals surface area contributed by atoms with E-state index in [0.29, 0.717) is 11.5 Å². The fourth-order valence-electron chi connectivity index (χ4n) is 1.95. The lowest BCUT2D eigenvalue weighted by molar-refractivity contribution is -0.385. The Labute approximate surface area is 143 Å². The number of hydrogen-bond acceptors (Lipinski definition) is 5. The maximum Gasteiger partial charge on any atom is 0.283 e. The minimum absolute atomic E-state index is 0.0474. The average molecular weight is 351 g/mol. The minimum atomic E-state index is -0.644. The number of benzene rings is 2. The Bertz CT molecular complexity index is 734. The van der Waals surface area contributed by atoms with Crippen molar-refractivity contribution in [1.29, 1.82) is 0 Å². The molecular formula is C16H15ClN2O5. The van der Waals surface area contributed by atoms with Crippen LogP contribution in [-0.4, -0.2) is 31.1 Å². The van der Waals surface area contributed by atoms with Gasteiger partial charge in [-0.25, -0.2) is 0 Å². The lowest BCUT2D eigenvalue weighted by atomic mass is 10.1. The van der Waals surface area contributed by atoms with Crippen molar-refractivity contribution in [3.63, 3.8) is 0 Å². The third-order valence-electron chi connectivity index (χ3n) is 3.12.